The molecular weight excluding hydrogens is 233 g/mol. The van der Waals surface area contributed by atoms with Crippen LogP contribution in [0.25, 0.3) is 0 Å². The molecule has 1 aromatic rings. The van der Waals surface area contributed by atoms with Crippen LogP contribution in [0.1, 0.15) is 19.4 Å². The van der Waals surface area contributed by atoms with Crippen LogP contribution < -0.4 is 10.1 Å². The van der Waals surface area contributed by atoms with E-state index >= 15 is 0 Å². The molecule has 1 aromatic carbocycles. The average Bonchev–Trinajstić information content (AvgIpc) is 2.11. The molecule has 0 aromatic heterocycles. The minimum absolute atomic E-state index is 0.0966. The van der Waals surface area contributed by atoms with Crippen LogP contribution in [0.3, 0.4) is 0 Å². The fraction of sp³-hybridized carbons (Fsp3) is 0.455. The van der Waals surface area contributed by atoms with E-state index in [1.165, 1.54) is 0 Å². The van der Waals surface area contributed by atoms with Crippen molar-refractivity contribution in [1.82, 2.24) is 5.32 Å². The van der Waals surface area contributed by atoms with Gasteiger partial charge in [0.05, 0.1) is 11.1 Å². The number of benzene rings is 1. The first-order chi connectivity index (χ1) is 7.04. The molecule has 0 spiro atoms. The summed E-state index contributed by atoms with van der Waals surface area (Å²) in [6, 6.07) is 3.56. The highest BCUT2D eigenvalue weighted by molar-refractivity contribution is 6.35. The molecule has 0 aliphatic heterocycles. The molecule has 0 unspecified atom stereocenters. The van der Waals surface area contributed by atoms with Gasteiger partial charge in [-0.2, -0.15) is 0 Å². The predicted molar refractivity (Wildman–Crippen MR) is 65.0 cm³/mol. The van der Waals surface area contributed by atoms with Gasteiger partial charge in [0.2, 0.25) is 0 Å². The lowest BCUT2D eigenvalue weighted by molar-refractivity contribution is 0.240. The van der Waals surface area contributed by atoms with Gasteiger partial charge in [-0.1, -0.05) is 23.2 Å². The summed E-state index contributed by atoms with van der Waals surface area (Å²) < 4.78 is 5.65. The topological polar surface area (TPSA) is 21.3 Å². The first-order valence-corrected chi connectivity index (χ1v) is 5.59. The summed E-state index contributed by atoms with van der Waals surface area (Å²) in [5.74, 6) is 0.713. The van der Waals surface area contributed by atoms with E-state index in [1.807, 2.05) is 27.0 Å². The quantitative estimate of drug-likeness (QED) is 0.880. The summed E-state index contributed by atoms with van der Waals surface area (Å²) in [6.45, 7) is 4.62. The molecule has 0 amide bonds. The summed E-state index contributed by atoms with van der Waals surface area (Å²) in [4.78, 5) is 0. The minimum atomic E-state index is 0.0966. The van der Waals surface area contributed by atoms with Gasteiger partial charge in [-0.3, -0.25) is 0 Å². The molecule has 0 aliphatic rings. The lowest BCUT2D eigenvalue weighted by Gasteiger charge is -2.16. The molecule has 0 saturated carbocycles. The van der Waals surface area contributed by atoms with Gasteiger partial charge >= 0.3 is 0 Å². The Hall–Kier alpha value is -0.440. The van der Waals surface area contributed by atoms with Crippen molar-refractivity contribution in [3.63, 3.8) is 0 Å². The summed E-state index contributed by atoms with van der Waals surface area (Å²) in [5, 5.41) is 4.24. The second-order valence-corrected chi connectivity index (χ2v) is 4.42. The van der Waals surface area contributed by atoms with E-state index in [2.05, 4.69) is 5.32 Å². The zero-order valence-electron chi connectivity index (χ0n) is 9.10. The van der Waals surface area contributed by atoms with E-state index in [4.69, 9.17) is 27.9 Å². The van der Waals surface area contributed by atoms with Crippen molar-refractivity contribution in [3.05, 3.63) is 27.7 Å². The molecule has 84 valence electrons. The van der Waals surface area contributed by atoms with E-state index in [0.717, 1.165) is 5.56 Å². The smallest absolute Gasteiger partial charge is 0.142 e. The van der Waals surface area contributed by atoms with Crippen LogP contribution in [0.4, 0.5) is 0 Å². The maximum Gasteiger partial charge on any atom is 0.142 e. The molecule has 15 heavy (non-hydrogen) atoms. The summed E-state index contributed by atoms with van der Waals surface area (Å²) in [5.41, 5.74) is 0.976. The number of halogens is 2. The number of nitrogens with one attached hydrogen (secondary N) is 1. The number of ether oxygens (including phenoxy) is 1. The number of hydrogen-bond acceptors (Lipinski definition) is 2. The monoisotopic (exact) mass is 247 g/mol. The summed E-state index contributed by atoms with van der Waals surface area (Å²) >= 11 is 12.0. The summed E-state index contributed by atoms with van der Waals surface area (Å²) in [7, 11) is 1.87. The Kier molecular flexibility index (Phi) is 4.71. The van der Waals surface area contributed by atoms with Crippen LogP contribution in [-0.2, 0) is 6.54 Å². The molecule has 1 rings (SSSR count). The van der Waals surface area contributed by atoms with Crippen molar-refractivity contribution >= 4 is 23.2 Å². The van der Waals surface area contributed by atoms with E-state index in [-0.39, 0.29) is 6.10 Å². The molecule has 0 atom stereocenters. The van der Waals surface area contributed by atoms with Crippen molar-refractivity contribution < 1.29 is 4.74 Å². The standard InChI is InChI=1S/C11H15Cl2NO/c1-7(2)15-11-8(6-14-3)4-9(12)5-10(11)13/h4-5,7,14H,6H2,1-3H3. The van der Waals surface area contributed by atoms with Crippen molar-refractivity contribution in [2.75, 3.05) is 7.05 Å². The Labute approximate surface area is 101 Å². The van der Waals surface area contributed by atoms with Crippen LogP contribution >= 0.6 is 23.2 Å². The summed E-state index contributed by atoms with van der Waals surface area (Å²) in [6.07, 6.45) is 0.0966. The zero-order chi connectivity index (χ0) is 11.4. The van der Waals surface area contributed by atoms with Gasteiger partial charge < -0.3 is 10.1 Å². The molecular formula is C11H15Cl2NO. The van der Waals surface area contributed by atoms with Crippen LogP contribution in [0.15, 0.2) is 12.1 Å². The molecule has 1 N–H and O–H groups in total. The minimum Gasteiger partial charge on any atom is -0.489 e. The second kappa shape index (κ2) is 5.59. The van der Waals surface area contributed by atoms with Crippen molar-refractivity contribution in [1.29, 1.82) is 0 Å². The first kappa shape index (κ1) is 12.6. The first-order valence-electron chi connectivity index (χ1n) is 4.83. The normalized spacial score (nSPS) is 10.8. The van der Waals surface area contributed by atoms with Gasteiger partial charge in [0, 0.05) is 17.1 Å². The van der Waals surface area contributed by atoms with Crippen molar-refractivity contribution in [3.8, 4) is 5.75 Å². The van der Waals surface area contributed by atoms with Crippen LogP contribution in [0, 0.1) is 0 Å². The van der Waals surface area contributed by atoms with Crippen LogP contribution in [0.5, 0.6) is 5.75 Å². The van der Waals surface area contributed by atoms with Gasteiger partial charge in [0.1, 0.15) is 5.75 Å². The highest BCUT2D eigenvalue weighted by Crippen LogP contribution is 2.33. The molecule has 0 fully saturated rings. The fourth-order valence-electron chi connectivity index (χ4n) is 1.30. The van der Waals surface area contributed by atoms with Gasteiger partial charge in [-0.15, -0.1) is 0 Å². The van der Waals surface area contributed by atoms with Gasteiger partial charge in [-0.25, -0.2) is 0 Å². The lowest BCUT2D eigenvalue weighted by Crippen LogP contribution is -2.11. The van der Waals surface area contributed by atoms with Crippen LogP contribution in [0.2, 0.25) is 10.0 Å². The Balaban J connectivity index is 3.08. The molecule has 2 nitrogen and oxygen atoms in total. The second-order valence-electron chi connectivity index (χ2n) is 3.57. The molecule has 4 heteroatoms. The largest absolute Gasteiger partial charge is 0.489 e. The SMILES string of the molecule is CNCc1cc(Cl)cc(Cl)c1OC(C)C. The van der Waals surface area contributed by atoms with Gasteiger partial charge in [-0.05, 0) is 33.0 Å². The highest BCUT2D eigenvalue weighted by atomic mass is 35.5. The third kappa shape index (κ3) is 3.56. The Morgan fingerprint density at radius 1 is 1.33 bits per heavy atom. The third-order valence-corrected chi connectivity index (χ3v) is 2.31. The third-order valence-electron chi connectivity index (χ3n) is 1.81. The van der Waals surface area contributed by atoms with Crippen molar-refractivity contribution in [2.45, 2.75) is 26.5 Å². The van der Waals surface area contributed by atoms with E-state index in [1.54, 1.807) is 6.07 Å². The zero-order valence-corrected chi connectivity index (χ0v) is 10.6. The number of hydrogen-bond donors (Lipinski definition) is 1. The van der Waals surface area contributed by atoms with Gasteiger partial charge in [0.25, 0.3) is 0 Å². The maximum absolute atomic E-state index is 6.08. The highest BCUT2D eigenvalue weighted by Gasteiger charge is 2.11. The maximum atomic E-state index is 6.08. The molecule has 0 aliphatic carbocycles. The Morgan fingerprint density at radius 3 is 2.53 bits per heavy atom. The van der Waals surface area contributed by atoms with Crippen LogP contribution in [-0.4, -0.2) is 13.2 Å². The number of rotatable bonds is 4. The lowest BCUT2D eigenvalue weighted by atomic mass is 10.2. The van der Waals surface area contributed by atoms with Gasteiger partial charge in [0.15, 0.2) is 0 Å². The van der Waals surface area contributed by atoms with E-state index < -0.39 is 0 Å². The molecule has 0 radical (unpaired) electrons. The van der Waals surface area contributed by atoms with Crippen molar-refractivity contribution in [2.24, 2.45) is 0 Å². The predicted octanol–water partition coefficient (Wildman–Crippen LogP) is 3.50. The Morgan fingerprint density at radius 2 is 2.00 bits per heavy atom. The molecule has 0 heterocycles. The van der Waals surface area contributed by atoms with E-state index in [9.17, 15) is 0 Å². The molecule has 0 bridgehead atoms. The average molecular weight is 248 g/mol. The van der Waals surface area contributed by atoms with E-state index in [0.29, 0.717) is 22.3 Å². The molecule has 0 saturated heterocycles. The Bertz CT molecular complexity index is 340. The fourth-order valence-corrected chi connectivity index (χ4v) is 1.88.